The van der Waals surface area contributed by atoms with E-state index in [1.54, 1.807) is 31.6 Å². The molecule has 25 heavy (non-hydrogen) atoms. The van der Waals surface area contributed by atoms with Gasteiger partial charge in [-0.15, -0.1) is 0 Å². The summed E-state index contributed by atoms with van der Waals surface area (Å²) >= 11 is 0. The summed E-state index contributed by atoms with van der Waals surface area (Å²) in [5.74, 6) is 0.698. The zero-order valence-corrected chi connectivity index (χ0v) is 14.4. The van der Waals surface area contributed by atoms with Gasteiger partial charge in [-0.25, -0.2) is 0 Å². The van der Waals surface area contributed by atoms with Crippen molar-refractivity contribution >= 4 is 5.91 Å². The number of amides is 1. The zero-order chi connectivity index (χ0) is 17.5. The van der Waals surface area contributed by atoms with E-state index in [1.165, 1.54) is 0 Å². The van der Waals surface area contributed by atoms with Crippen molar-refractivity contribution < 1.29 is 14.3 Å². The first-order valence-corrected chi connectivity index (χ1v) is 8.42. The molecular formula is C19H23N3O3. The Kier molecular flexibility index (Phi) is 5.98. The summed E-state index contributed by atoms with van der Waals surface area (Å²) in [7, 11) is 1.66. The van der Waals surface area contributed by atoms with Crippen LogP contribution in [-0.4, -0.2) is 55.7 Å². The molecule has 1 aliphatic heterocycles. The largest absolute Gasteiger partial charge is 0.497 e. The van der Waals surface area contributed by atoms with Crippen molar-refractivity contribution in [2.24, 2.45) is 0 Å². The molecule has 1 aromatic carbocycles. The maximum atomic E-state index is 12.4. The van der Waals surface area contributed by atoms with Gasteiger partial charge in [-0.05, 0) is 29.8 Å². The molecule has 1 unspecified atom stereocenters. The summed E-state index contributed by atoms with van der Waals surface area (Å²) in [6.07, 6.45) is 3.23. The minimum atomic E-state index is -0.116. The third kappa shape index (κ3) is 4.55. The highest BCUT2D eigenvalue weighted by Gasteiger charge is 2.23. The van der Waals surface area contributed by atoms with E-state index < -0.39 is 0 Å². The Labute approximate surface area is 147 Å². The van der Waals surface area contributed by atoms with Crippen LogP contribution in [0.1, 0.15) is 22.0 Å². The van der Waals surface area contributed by atoms with Crippen molar-refractivity contribution in [3.05, 3.63) is 59.9 Å². The molecule has 6 nitrogen and oxygen atoms in total. The molecule has 2 aromatic rings. The average Bonchev–Trinajstić information content (AvgIpc) is 2.69. The number of carbonyl (C=O) groups excluding carboxylic acids is 1. The van der Waals surface area contributed by atoms with Crippen LogP contribution in [0.4, 0.5) is 0 Å². The summed E-state index contributed by atoms with van der Waals surface area (Å²) in [5.41, 5.74) is 1.68. The van der Waals surface area contributed by atoms with Gasteiger partial charge >= 0.3 is 0 Å². The van der Waals surface area contributed by atoms with E-state index in [4.69, 9.17) is 9.47 Å². The highest BCUT2D eigenvalue weighted by molar-refractivity contribution is 5.93. The number of benzene rings is 1. The van der Waals surface area contributed by atoms with E-state index in [-0.39, 0.29) is 11.9 Å². The molecule has 0 bridgehead atoms. The maximum Gasteiger partial charge on any atom is 0.252 e. The fraction of sp³-hybridized carbons (Fsp3) is 0.368. The fourth-order valence-electron chi connectivity index (χ4n) is 2.98. The minimum absolute atomic E-state index is 0.0691. The molecule has 0 radical (unpaired) electrons. The van der Waals surface area contributed by atoms with Crippen LogP contribution in [-0.2, 0) is 4.74 Å². The lowest BCUT2D eigenvalue weighted by atomic mass is 10.0. The second-order valence-corrected chi connectivity index (χ2v) is 5.89. The molecule has 0 saturated carbocycles. The van der Waals surface area contributed by atoms with E-state index in [9.17, 15) is 4.79 Å². The summed E-state index contributed by atoms with van der Waals surface area (Å²) in [6.45, 7) is 3.60. The van der Waals surface area contributed by atoms with Crippen LogP contribution < -0.4 is 10.1 Å². The molecule has 0 aliphatic carbocycles. The van der Waals surface area contributed by atoms with Crippen molar-refractivity contribution in [3.8, 4) is 5.75 Å². The van der Waals surface area contributed by atoms with Crippen LogP contribution >= 0.6 is 0 Å². The number of methoxy groups -OCH3 is 1. The van der Waals surface area contributed by atoms with E-state index in [0.29, 0.717) is 25.3 Å². The van der Waals surface area contributed by atoms with Crippen molar-refractivity contribution in [2.75, 3.05) is 40.0 Å². The van der Waals surface area contributed by atoms with Gasteiger partial charge in [0.1, 0.15) is 5.75 Å². The zero-order valence-electron chi connectivity index (χ0n) is 14.4. The molecule has 2 heterocycles. The van der Waals surface area contributed by atoms with Crippen LogP contribution in [0.25, 0.3) is 0 Å². The number of aromatic nitrogens is 1. The van der Waals surface area contributed by atoms with E-state index in [2.05, 4.69) is 21.3 Å². The monoisotopic (exact) mass is 341 g/mol. The second-order valence-electron chi connectivity index (χ2n) is 5.89. The number of morpholine rings is 1. The number of carbonyl (C=O) groups is 1. The quantitative estimate of drug-likeness (QED) is 0.869. The highest BCUT2D eigenvalue weighted by Crippen LogP contribution is 2.24. The first-order chi connectivity index (χ1) is 12.3. The van der Waals surface area contributed by atoms with Gasteiger partial charge in [-0.3, -0.25) is 14.7 Å². The van der Waals surface area contributed by atoms with Gasteiger partial charge in [0.05, 0.1) is 31.9 Å². The lowest BCUT2D eigenvalue weighted by molar-refractivity contribution is 0.0162. The molecular weight excluding hydrogens is 318 g/mol. The number of nitrogens with zero attached hydrogens (tertiary/aromatic N) is 2. The van der Waals surface area contributed by atoms with Crippen molar-refractivity contribution in [3.63, 3.8) is 0 Å². The number of ether oxygens (including phenoxy) is 2. The van der Waals surface area contributed by atoms with Gasteiger partial charge in [-0.2, -0.15) is 0 Å². The van der Waals surface area contributed by atoms with Crippen molar-refractivity contribution in [2.45, 2.75) is 6.04 Å². The van der Waals surface area contributed by atoms with Crippen LogP contribution in [0.15, 0.2) is 48.8 Å². The van der Waals surface area contributed by atoms with Gasteiger partial charge in [0, 0.05) is 32.0 Å². The van der Waals surface area contributed by atoms with Gasteiger partial charge < -0.3 is 14.8 Å². The molecule has 1 N–H and O–H groups in total. The second kappa shape index (κ2) is 8.60. The van der Waals surface area contributed by atoms with Gasteiger partial charge in [0.2, 0.25) is 0 Å². The van der Waals surface area contributed by atoms with Crippen LogP contribution in [0.2, 0.25) is 0 Å². The first kappa shape index (κ1) is 17.4. The van der Waals surface area contributed by atoms with E-state index in [1.807, 2.05) is 18.2 Å². The molecule has 1 fully saturated rings. The standard InChI is InChI=1S/C19H23N3O3/c1-24-17-6-2-4-15(12-17)18(22-8-10-25-11-9-22)14-21-19(23)16-5-3-7-20-13-16/h2-7,12-13,18H,8-11,14H2,1H3,(H,21,23). The maximum absolute atomic E-state index is 12.4. The highest BCUT2D eigenvalue weighted by atomic mass is 16.5. The van der Waals surface area contributed by atoms with Crippen molar-refractivity contribution in [1.29, 1.82) is 0 Å². The number of rotatable bonds is 6. The summed E-state index contributed by atoms with van der Waals surface area (Å²) in [5, 5.41) is 3.03. The average molecular weight is 341 g/mol. The Morgan fingerprint density at radius 3 is 2.88 bits per heavy atom. The van der Waals surface area contributed by atoms with Crippen molar-refractivity contribution in [1.82, 2.24) is 15.2 Å². The van der Waals surface area contributed by atoms with Crippen LogP contribution in [0.3, 0.4) is 0 Å². The Bertz CT molecular complexity index is 687. The minimum Gasteiger partial charge on any atom is -0.497 e. The third-order valence-electron chi connectivity index (χ3n) is 4.34. The molecule has 6 heteroatoms. The first-order valence-electron chi connectivity index (χ1n) is 8.42. The van der Waals surface area contributed by atoms with Gasteiger partial charge in [-0.1, -0.05) is 12.1 Å². The number of hydrogen-bond acceptors (Lipinski definition) is 5. The van der Waals surface area contributed by atoms with Gasteiger partial charge in [0.25, 0.3) is 5.91 Å². The predicted octanol–water partition coefficient (Wildman–Crippen LogP) is 1.89. The smallest absolute Gasteiger partial charge is 0.252 e. The molecule has 132 valence electrons. The Hall–Kier alpha value is -2.44. The molecule has 1 aromatic heterocycles. The lowest BCUT2D eigenvalue weighted by Gasteiger charge is -2.35. The summed E-state index contributed by atoms with van der Waals surface area (Å²) in [6, 6.07) is 11.6. The summed E-state index contributed by atoms with van der Waals surface area (Å²) in [4.78, 5) is 18.7. The van der Waals surface area contributed by atoms with E-state index >= 15 is 0 Å². The molecule has 1 amide bonds. The molecule has 1 atom stereocenters. The molecule has 1 aliphatic rings. The predicted molar refractivity (Wildman–Crippen MR) is 94.7 cm³/mol. The molecule has 1 saturated heterocycles. The Morgan fingerprint density at radius 1 is 1.32 bits per heavy atom. The molecule has 0 spiro atoms. The topological polar surface area (TPSA) is 63.7 Å². The normalized spacial score (nSPS) is 16.2. The fourth-order valence-corrected chi connectivity index (χ4v) is 2.98. The number of hydrogen-bond donors (Lipinski definition) is 1. The van der Waals surface area contributed by atoms with Gasteiger partial charge in [0.15, 0.2) is 0 Å². The van der Waals surface area contributed by atoms with Crippen LogP contribution in [0.5, 0.6) is 5.75 Å². The Morgan fingerprint density at radius 2 is 2.16 bits per heavy atom. The SMILES string of the molecule is COc1cccc(C(CNC(=O)c2cccnc2)N2CCOCC2)c1. The van der Waals surface area contributed by atoms with E-state index in [0.717, 1.165) is 24.4 Å². The number of nitrogens with one attached hydrogen (secondary N) is 1. The Balaban J connectivity index is 1.75. The number of pyridine rings is 1. The van der Waals surface area contributed by atoms with Crippen LogP contribution in [0, 0.1) is 0 Å². The molecule has 3 rings (SSSR count). The lowest BCUT2D eigenvalue weighted by Crippen LogP contribution is -2.43. The summed E-state index contributed by atoms with van der Waals surface area (Å²) < 4.78 is 10.8. The third-order valence-corrected chi connectivity index (χ3v) is 4.34.